The first-order valence-electron chi connectivity index (χ1n) is 7.11. The zero-order valence-corrected chi connectivity index (χ0v) is 12.2. The van der Waals surface area contributed by atoms with Crippen LogP contribution in [0, 0.1) is 11.3 Å². The van der Waals surface area contributed by atoms with Gasteiger partial charge >= 0.3 is 0 Å². The van der Waals surface area contributed by atoms with Gasteiger partial charge in [-0.3, -0.25) is 4.90 Å². The fourth-order valence-corrected chi connectivity index (χ4v) is 2.95. The molecule has 1 aromatic rings. The lowest BCUT2D eigenvalue weighted by atomic mass is 9.91. The molecule has 20 heavy (non-hydrogen) atoms. The average molecular weight is 274 g/mol. The number of rotatable bonds is 4. The highest BCUT2D eigenvalue weighted by Gasteiger charge is 2.26. The van der Waals surface area contributed by atoms with E-state index in [-0.39, 0.29) is 12.1 Å². The zero-order valence-electron chi connectivity index (χ0n) is 12.2. The van der Waals surface area contributed by atoms with E-state index in [0.717, 1.165) is 31.4 Å². The maximum Gasteiger partial charge on any atom is 0.136 e. The Hall–Kier alpha value is -1.57. The second-order valence-electron chi connectivity index (χ2n) is 5.48. The number of aliphatic hydroxyl groups excluding tert-OH is 1. The van der Waals surface area contributed by atoms with Crippen molar-refractivity contribution in [2.45, 2.75) is 44.4 Å². The quantitative estimate of drug-likeness (QED) is 0.915. The Balaban J connectivity index is 2.07. The number of aliphatic hydroxyl groups is 1. The van der Waals surface area contributed by atoms with Crippen LogP contribution in [0.25, 0.3) is 0 Å². The lowest BCUT2D eigenvalue weighted by molar-refractivity contribution is 0.0288. The first-order valence-corrected chi connectivity index (χ1v) is 7.11. The summed E-state index contributed by atoms with van der Waals surface area (Å²) < 4.78 is 5.15. The molecule has 0 spiro atoms. The molecule has 1 aromatic carbocycles. The van der Waals surface area contributed by atoms with Gasteiger partial charge in [0.2, 0.25) is 0 Å². The number of methoxy groups -OCH3 is 1. The van der Waals surface area contributed by atoms with Crippen molar-refractivity contribution in [1.82, 2.24) is 4.90 Å². The molecule has 1 fully saturated rings. The predicted molar refractivity (Wildman–Crippen MR) is 77.4 cm³/mol. The third kappa shape index (κ3) is 3.30. The van der Waals surface area contributed by atoms with Crippen LogP contribution >= 0.6 is 0 Å². The van der Waals surface area contributed by atoms with E-state index in [0.29, 0.717) is 11.3 Å². The molecular formula is C16H22N2O2. The van der Waals surface area contributed by atoms with Crippen LogP contribution in [0.4, 0.5) is 0 Å². The van der Waals surface area contributed by atoms with Gasteiger partial charge in [-0.05, 0) is 37.6 Å². The summed E-state index contributed by atoms with van der Waals surface area (Å²) in [6.07, 6.45) is 3.99. The van der Waals surface area contributed by atoms with Crippen LogP contribution in [0.1, 0.15) is 36.8 Å². The van der Waals surface area contributed by atoms with Crippen molar-refractivity contribution in [3.8, 4) is 11.8 Å². The molecule has 0 aliphatic heterocycles. The SMILES string of the molecule is COc1ccc(CN(C)C2CCCCC2O)cc1C#N. The molecule has 2 atom stereocenters. The monoisotopic (exact) mass is 274 g/mol. The van der Waals surface area contributed by atoms with Crippen LogP contribution in [0.3, 0.4) is 0 Å². The van der Waals surface area contributed by atoms with Gasteiger partial charge < -0.3 is 9.84 Å². The van der Waals surface area contributed by atoms with Gasteiger partial charge in [0, 0.05) is 12.6 Å². The van der Waals surface area contributed by atoms with E-state index >= 15 is 0 Å². The molecule has 0 radical (unpaired) electrons. The van der Waals surface area contributed by atoms with Crippen molar-refractivity contribution < 1.29 is 9.84 Å². The van der Waals surface area contributed by atoms with E-state index in [1.54, 1.807) is 7.11 Å². The molecule has 0 bridgehead atoms. The Labute approximate surface area is 120 Å². The first-order chi connectivity index (χ1) is 9.65. The molecule has 1 saturated carbocycles. The predicted octanol–water partition coefficient (Wildman–Crippen LogP) is 2.30. The highest BCUT2D eigenvalue weighted by molar-refractivity contribution is 5.45. The molecule has 0 saturated heterocycles. The molecule has 2 unspecified atom stereocenters. The second kappa shape index (κ2) is 6.74. The fourth-order valence-electron chi connectivity index (χ4n) is 2.95. The Morgan fingerprint density at radius 2 is 2.15 bits per heavy atom. The number of hydrogen-bond acceptors (Lipinski definition) is 4. The van der Waals surface area contributed by atoms with Crippen molar-refractivity contribution in [3.63, 3.8) is 0 Å². The Morgan fingerprint density at radius 3 is 2.80 bits per heavy atom. The summed E-state index contributed by atoms with van der Waals surface area (Å²) >= 11 is 0. The van der Waals surface area contributed by atoms with Gasteiger partial charge in [-0.2, -0.15) is 5.26 Å². The average Bonchev–Trinajstić information content (AvgIpc) is 2.47. The van der Waals surface area contributed by atoms with Gasteiger partial charge in [0.05, 0.1) is 18.8 Å². The third-order valence-electron chi connectivity index (χ3n) is 4.08. The van der Waals surface area contributed by atoms with Crippen LogP contribution in [0.5, 0.6) is 5.75 Å². The summed E-state index contributed by atoms with van der Waals surface area (Å²) in [6, 6.07) is 8.05. The lowest BCUT2D eigenvalue weighted by Gasteiger charge is -2.35. The maximum atomic E-state index is 10.1. The fraction of sp³-hybridized carbons (Fsp3) is 0.562. The van der Waals surface area contributed by atoms with Crippen molar-refractivity contribution >= 4 is 0 Å². The lowest BCUT2D eigenvalue weighted by Crippen LogP contribution is -2.42. The molecule has 1 aliphatic rings. The standard InChI is InChI=1S/C16H22N2O2/c1-18(14-5-3-4-6-15(14)19)11-12-7-8-16(20-2)13(9-12)10-17/h7-9,14-15,19H,3-6,11H2,1-2H3. The number of ether oxygens (including phenoxy) is 1. The molecule has 1 aliphatic carbocycles. The molecule has 4 nitrogen and oxygen atoms in total. The van der Waals surface area contributed by atoms with Gasteiger partial charge in [-0.15, -0.1) is 0 Å². The molecule has 4 heteroatoms. The first kappa shape index (κ1) is 14.8. The van der Waals surface area contributed by atoms with Crippen molar-refractivity contribution in [1.29, 1.82) is 5.26 Å². The van der Waals surface area contributed by atoms with Gasteiger partial charge in [-0.1, -0.05) is 18.9 Å². The minimum absolute atomic E-state index is 0.219. The van der Waals surface area contributed by atoms with Crippen LogP contribution in [0.15, 0.2) is 18.2 Å². The molecular weight excluding hydrogens is 252 g/mol. The number of hydrogen-bond donors (Lipinski definition) is 1. The summed E-state index contributed by atoms with van der Waals surface area (Å²) in [6.45, 7) is 0.737. The molecule has 0 heterocycles. The summed E-state index contributed by atoms with van der Waals surface area (Å²) in [5.74, 6) is 0.608. The minimum atomic E-state index is -0.234. The van der Waals surface area contributed by atoms with Crippen molar-refractivity contribution in [3.05, 3.63) is 29.3 Å². The highest BCUT2D eigenvalue weighted by atomic mass is 16.5. The summed E-state index contributed by atoms with van der Waals surface area (Å²) in [4.78, 5) is 2.19. The van der Waals surface area contributed by atoms with E-state index in [1.807, 2.05) is 25.2 Å². The molecule has 0 amide bonds. The number of nitrogens with zero attached hydrogens (tertiary/aromatic N) is 2. The molecule has 1 N–H and O–H groups in total. The summed E-state index contributed by atoms with van der Waals surface area (Å²) in [5, 5.41) is 19.2. The molecule has 0 aromatic heterocycles. The number of benzene rings is 1. The Kier molecular flexibility index (Phi) is 4.99. The number of likely N-dealkylation sites (N-methyl/N-ethyl adjacent to an activating group) is 1. The molecule has 2 rings (SSSR count). The van der Waals surface area contributed by atoms with E-state index in [9.17, 15) is 5.11 Å². The normalized spacial score (nSPS) is 22.6. The minimum Gasteiger partial charge on any atom is -0.495 e. The van der Waals surface area contributed by atoms with Gasteiger partial charge in [0.25, 0.3) is 0 Å². The van der Waals surface area contributed by atoms with Crippen LogP contribution in [-0.2, 0) is 6.54 Å². The zero-order chi connectivity index (χ0) is 14.5. The van der Waals surface area contributed by atoms with E-state index in [2.05, 4.69) is 11.0 Å². The van der Waals surface area contributed by atoms with E-state index in [1.165, 1.54) is 6.42 Å². The summed E-state index contributed by atoms with van der Waals surface area (Å²) in [7, 11) is 3.61. The topological polar surface area (TPSA) is 56.5 Å². The van der Waals surface area contributed by atoms with Gasteiger partial charge in [-0.25, -0.2) is 0 Å². The van der Waals surface area contributed by atoms with Crippen molar-refractivity contribution in [2.75, 3.05) is 14.2 Å². The largest absolute Gasteiger partial charge is 0.495 e. The van der Waals surface area contributed by atoms with E-state index in [4.69, 9.17) is 10.00 Å². The summed E-state index contributed by atoms with van der Waals surface area (Å²) in [5.41, 5.74) is 1.63. The van der Waals surface area contributed by atoms with Crippen LogP contribution < -0.4 is 4.74 Å². The van der Waals surface area contributed by atoms with Crippen LogP contribution in [-0.4, -0.2) is 36.3 Å². The smallest absolute Gasteiger partial charge is 0.136 e. The van der Waals surface area contributed by atoms with Gasteiger partial charge in [0.1, 0.15) is 11.8 Å². The Morgan fingerprint density at radius 1 is 1.40 bits per heavy atom. The van der Waals surface area contributed by atoms with Gasteiger partial charge in [0.15, 0.2) is 0 Å². The Bertz CT molecular complexity index is 496. The van der Waals surface area contributed by atoms with Crippen LogP contribution in [0.2, 0.25) is 0 Å². The molecule has 108 valence electrons. The van der Waals surface area contributed by atoms with Crippen molar-refractivity contribution in [2.24, 2.45) is 0 Å². The highest BCUT2D eigenvalue weighted by Crippen LogP contribution is 2.25. The maximum absolute atomic E-state index is 10.1. The third-order valence-corrected chi connectivity index (χ3v) is 4.08. The van der Waals surface area contributed by atoms with E-state index < -0.39 is 0 Å². The number of nitriles is 1. The second-order valence-corrected chi connectivity index (χ2v) is 5.48.